The third kappa shape index (κ3) is 4.87. The van der Waals surface area contributed by atoms with Crippen LogP contribution in [0.15, 0.2) is 11.2 Å². The monoisotopic (exact) mass is 450 g/mol. The Hall–Kier alpha value is -1.91. The molecule has 2 aromatic rings. The summed E-state index contributed by atoms with van der Waals surface area (Å²) in [5.41, 5.74) is 0.398. The number of ether oxygens (including phenoxy) is 2. The Balaban J connectivity index is 1.42. The number of hydrogen-bond acceptors (Lipinski definition) is 8. The van der Waals surface area contributed by atoms with E-state index in [1.54, 1.807) is 6.07 Å². The van der Waals surface area contributed by atoms with Crippen LogP contribution in [0.4, 0.5) is 5.00 Å². The zero-order valence-corrected chi connectivity index (χ0v) is 18.8. The van der Waals surface area contributed by atoms with E-state index in [1.165, 1.54) is 30.2 Å². The van der Waals surface area contributed by atoms with E-state index in [4.69, 9.17) is 9.47 Å². The molecule has 2 aliphatic rings. The average Bonchev–Trinajstić information content (AvgIpc) is 3.14. The topological polar surface area (TPSA) is 95.3 Å². The van der Waals surface area contributed by atoms with Crippen LogP contribution in [-0.2, 0) is 27.2 Å². The third-order valence-electron chi connectivity index (χ3n) is 5.22. The van der Waals surface area contributed by atoms with Crippen LogP contribution in [0.1, 0.15) is 59.6 Å². The van der Waals surface area contributed by atoms with Crippen molar-refractivity contribution in [2.45, 2.75) is 62.8 Å². The van der Waals surface area contributed by atoms with Crippen molar-refractivity contribution < 1.29 is 19.1 Å². The first kappa shape index (κ1) is 21.3. The predicted octanol–water partition coefficient (Wildman–Crippen LogP) is 3.48. The van der Waals surface area contributed by atoms with Gasteiger partial charge in [-0.25, -0.2) is 4.79 Å². The van der Waals surface area contributed by atoms with E-state index < -0.39 is 5.97 Å². The summed E-state index contributed by atoms with van der Waals surface area (Å²) in [5.74, 6) is 1.04. The lowest BCUT2D eigenvalue weighted by atomic mass is 10.2. The third-order valence-corrected chi connectivity index (χ3v) is 7.38. The highest BCUT2D eigenvalue weighted by molar-refractivity contribution is 7.99. The summed E-state index contributed by atoms with van der Waals surface area (Å²) >= 11 is 2.77. The van der Waals surface area contributed by atoms with Gasteiger partial charge in [0.05, 0.1) is 31.1 Å². The van der Waals surface area contributed by atoms with Gasteiger partial charge in [0, 0.05) is 17.4 Å². The number of carbonyl (C=O) groups is 2. The maximum absolute atomic E-state index is 12.6. The number of hydrogen-bond donors (Lipinski definition) is 1. The smallest absolute Gasteiger partial charge is 0.340 e. The molecule has 2 fully saturated rings. The largest absolute Gasteiger partial charge is 0.465 e. The van der Waals surface area contributed by atoms with Crippen molar-refractivity contribution in [3.05, 3.63) is 22.3 Å². The van der Waals surface area contributed by atoms with Crippen molar-refractivity contribution >= 4 is 40.0 Å². The predicted molar refractivity (Wildman–Crippen MR) is 115 cm³/mol. The van der Waals surface area contributed by atoms with Crippen LogP contribution in [0, 0.1) is 0 Å². The molecule has 10 heteroatoms. The zero-order chi connectivity index (χ0) is 21.1. The van der Waals surface area contributed by atoms with E-state index in [1.807, 2.05) is 6.92 Å². The van der Waals surface area contributed by atoms with E-state index in [0.717, 1.165) is 61.1 Å². The number of esters is 1. The zero-order valence-electron chi connectivity index (χ0n) is 17.2. The van der Waals surface area contributed by atoms with Gasteiger partial charge in [-0.15, -0.1) is 21.5 Å². The highest BCUT2D eigenvalue weighted by Gasteiger charge is 2.32. The van der Waals surface area contributed by atoms with Crippen molar-refractivity contribution in [3.63, 3.8) is 0 Å². The lowest BCUT2D eigenvalue weighted by molar-refractivity contribution is -0.113. The number of thioether (sulfide) groups is 1. The number of rotatable bonds is 9. The molecule has 0 spiro atoms. The van der Waals surface area contributed by atoms with Crippen molar-refractivity contribution in [2.24, 2.45) is 0 Å². The summed E-state index contributed by atoms with van der Waals surface area (Å²) in [6.45, 7) is 3.55. The summed E-state index contributed by atoms with van der Waals surface area (Å²) < 4.78 is 12.8. The van der Waals surface area contributed by atoms with Crippen LogP contribution >= 0.6 is 23.1 Å². The second kappa shape index (κ2) is 9.49. The Morgan fingerprint density at radius 3 is 2.87 bits per heavy atom. The van der Waals surface area contributed by atoms with Gasteiger partial charge in [-0.05, 0) is 38.2 Å². The minimum absolute atomic E-state index is 0.186. The standard InChI is InChI=1S/C20H26N4O4S2/c1-3-14-9-15(19(26)27-2)18(30-14)21-16(25)11-29-20-23-22-17(12-6-7-12)24(20)10-13-5-4-8-28-13/h9,12-13H,3-8,10-11H2,1-2H3,(H,21,25). The van der Waals surface area contributed by atoms with Crippen LogP contribution in [0.2, 0.25) is 0 Å². The first-order chi connectivity index (χ1) is 14.6. The molecule has 1 aliphatic carbocycles. The van der Waals surface area contributed by atoms with E-state index in [9.17, 15) is 9.59 Å². The normalized spacial score (nSPS) is 18.5. The number of methoxy groups -OCH3 is 1. The van der Waals surface area contributed by atoms with E-state index >= 15 is 0 Å². The highest BCUT2D eigenvalue weighted by atomic mass is 32.2. The van der Waals surface area contributed by atoms with Gasteiger partial charge in [-0.1, -0.05) is 18.7 Å². The summed E-state index contributed by atoms with van der Waals surface area (Å²) in [6, 6.07) is 1.78. The molecule has 8 nitrogen and oxygen atoms in total. The molecule has 2 aromatic heterocycles. The molecule has 0 radical (unpaired) electrons. The van der Waals surface area contributed by atoms with Crippen molar-refractivity contribution in [3.8, 4) is 0 Å². The molecular formula is C20H26N4O4S2. The maximum Gasteiger partial charge on any atom is 0.340 e. The fraction of sp³-hybridized carbons (Fsp3) is 0.600. The second-order valence-electron chi connectivity index (χ2n) is 7.50. The Morgan fingerprint density at radius 1 is 1.37 bits per heavy atom. The summed E-state index contributed by atoms with van der Waals surface area (Å²) in [7, 11) is 1.34. The lowest BCUT2D eigenvalue weighted by Gasteiger charge is -2.14. The molecule has 1 atom stereocenters. The summed E-state index contributed by atoms with van der Waals surface area (Å²) in [5, 5.41) is 12.9. The number of nitrogens with zero attached hydrogens (tertiary/aromatic N) is 3. The van der Waals surface area contributed by atoms with Gasteiger partial charge in [-0.2, -0.15) is 0 Å². The molecule has 0 bridgehead atoms. The van der Waals surface area contributed by atoms with Crippen molar-refractivity contribution in [1.29, 1.82) is 0 Å². The number of anilines is 1. The van der Waals surface area contributed by atoms with Crippen LogP contribution in [0.25, 0.3) is 0 Å². The van der Waals surface area contributed by atoms with Gasteiger partial charge >= 0.3 is 5.97 Å². The molecule has 1 unspecified atom stereocenters. The molecule has 1 N–H and O–H groups in total. The molecular weight excluding hydrogens is 424 g/mol. The van der Waals surface area contributed by atoms with Crippen molar-refractivity contribution in [2.75, 3.05) is 24.8 Å². The number of thiophene rings is 1. The summed E-state index contributed by atoms with van der Waals surface area (Å²) in [6.07, 6.45) is 5.39. The number of carbonyl (C=O) groups excluding carboxylic acids is 2. The van der Waals surface area contributed by atoms with Crippen LogP contribution < -0.4 is 5.32 Å². The minimum Gasteiger partial charge on any atom is -0.465 e. The van der Waals surface area contributed by atoms with Crippen LogP contribution in [0.3, 0.4) is 0 Å². The van der Waals surface area contributed by atoms with E-state index in [2.05, 4.69) is 20.1 Å². The fourth-order valence-electron chi connectivity index (χ4n) is 3.48. The number of aromatic nitrogens is 3. The molecule has 0 aromatic carbocycles. The average molecular weight is 451 g/mol. The molecule has 162 valence electrons. The van der Waals surface area contributed by atoms with Crippen LogP contribution in [0.5, 0.6) is 0 Å². The fourth-order valence-corrected chi connectivity index (χ4v) is 5.23. The number of amides is 1. The molecule has 4 rings (SSSR count). The highest BCUT2D eigenvalue weighted by Crippen LogP contribution is 2.40. The number of nitrogens with one attached hydrogen (secondary N) is 1. The lowest BCUT2D eigenvalue weighted by Crippen LogP contribution is -2.19. The van der Waals surface area contributed by atoms with Gasteiger partial charge < -0.3 is 19.4 Å². The second-order valence-corrected chi connectivity index (χ2v) is 9.58. The van der Waals surface area contributed by atoms with E-state index in [0.29, 0.717) is 16.5 Å². The molecule has 1 saturated carbocycles. The van der Waals surface area contributed by atoms with Gasteiger partial charge in [0.2, 0.25) is 5.91 Å². The minimum atomic E-state index is -0.445. The van der Waals surface area contributed by atoms with Crippen LogP contribution in [-0.4, -0.2) is 52.2 Å². The molecule has 30 heavy (non-hydrogen) atoms. The molecule has 1 saturated heterocycles. The van der Waals surface area contributed by atoms with Gasteiger partial charge in [-0.3, -0.25) is 4.79 Å². The van der Waals surface area contributed by atoms with Crippen molar-refractivity contribution in [1.82, 2.24) is 14.8 Å². The molecule has 3 heterocycles. The Bertz CT molecular complexity index is 916. The van der Waals surface area contributed by atoms with Gasteiger partial charge in [0.1, 0.15) is 10.8 Å². The maximum atomic E-state index is 12.6. The first-order valence-electron chi connectivity index (χ1n) is 10.3. The Labute approximate surface area is 183 Å². The first-order valence-corrected chi connectivity index (χ1v) is 12.1. The SMILES string of the molecule is CCc1cc(C(=O)OC)c(NC(=O)CSc2nnc(C3CC3)n2CC2CCCO2)s1. The Morgan fingerprint density at radius 2 is 2.20 bits per heavy atom. The van der Waals surface area contributed by atoms with E-state index in [-0.39, 0.29) is 17.8 Å². The molecule has 1 aliphatic heterocycles. The van der Waals surface area contributed by atoms with Gasteiger partial charge in [0.25, 0.3) is 0 Å². The Kier molecular flexibility index (Phi) is 6.74. The quantitative estimate of drug-likeness (QED) is 0.462. The molecule has 1 amide bonds. The summed E-state index contributed by atoms with van der Waals surface area (Å²) in [4.78, 5) is 25.6. The van der Waals surface area contributed by atoms with Gasteiger partial charge in [0.15, 0.2) is 5.16 Å². The number of aryl methyl sites for hydroxylation is 1.